The summed E-state index contributed by atoms with van der Waals surface area (Å²) in [5.74, 6) is -0.616. The van der Waals surface area contributed by atoms with Gasteiger partial charge in [0.15, 0.2) is 0 Å². The van der Waals surface area contributed by atoms with Crippen molar-refractivity contribution in [2.24, 2.45) is 5.92 Å². The van der Waals surface area contributed by atoms with E-state index in [0.717, 1.165) is 37.6 Å². The van der Waals surface area contributed by atoms with Crippen LogP contribution in [0.5, 0.6) is 11.5 Å². The first-order chi connectivity index (χ1) is 15.0. The van der Waals surface area contributed by atoms with Gasteiger partial charge in [-0.2, -0.15) is 0 Å². The lowest BCUT2D eigenvalue weighted by atomic mass is 10.0. The van der Waals surface area contributed by atoms with Gasteiger partial charge in [-0.1, -0.05) is 12.1 Å². The quantitative estimate of drug-likeness (QED) is 0.635. The summed E-state index contributed by atoms with van der Waals surface area (Å²) in [6.07, 6.45) is -0.0807. The average molecular weight is 428 g/mol. The van der Waals surface area contributed by atoms with E-state index in [0.29, 0.717) is 18.0 Å². The lowest BCUT2D eigenvalue weighted by Gasteiger charge is -2.37. The molecular weight excluding hydrogens is 398 g/mol. The van der Waals surface area contributed by atoms with Gasteiger partial charge in [0.1, 0.15) is 11.5 Å². The number of carbonyl (C=O) groups is 2. The predicted molar refractivity (Wildman–Crippen MR) is 119 cm³/mol. The topological polar surface area (TPSA) is 91.3 Å². The van der Waals surface area contributed by atoms with E-state index in [4.69, 9.17) is 9.47 Å². The number of piperazine rings is 1. The number of nitrogens with one attached hydrogen (secondary N) is 1. The van der Waals surface area contributed by atoms with Crippen molar-refractivity contribution in [2.75, 3.05) is 57.2 Å². The van der Waals surface area contributed by atoms with Crippen molar-refractivity contribution < 1.29 is 24.2 Å². The second-order valence-electron chi connectivity index (χ2n) is 7.51. The molecule has 1 aliphatic heterocycles. The second kappa shape index (κ2) is 10.7. The van der Waals surface area contributed by atoms with Gasteiger partial charge in [-0.05, 0) is 24.3 Å². The van der Waals surface area contributed by atoms with Gasteiger partial charge in [-0.3, -0.25) is 14.5 Å². The number of carboxylic acids is 1. The minimum absolute atomic E-state index is 0.0807. The molecule has 1 aliphatic rings. The van der Waals surface area contributed by atoms with Crippen molar-refractivity contribution in [2.45, 2.75) is 6.42 Å². The molecule has 1 fully saturated rings. The molecule has 1 atom stereocenters. The van der Waals surface area contributed by atoms with E-state index >= 15 is 0 Å². The van der Waals surface area contributed by atoms with Gasteiger partial charge in [0.05, 0.1) is 20.1 Å². The van der Waals surface area contributed by atoms with Gasteiger partial charge < -0.3 is 24.8 Å². The summed E-state index contributed by atoms with van der Waals surface area (Å²) in [7, 11) is 3.20. The van der Waals surface area contributed by atoms with Crippen molar-refractivity contribution in [3.05, 3.63) is 48.5 Å². The highest BCUT2D eigenvalue weighted by molar-refractivity contribution is 5.93. The number of nitrogens with zero attached hydrogens (tertiary/aromatic N) is 2. The Balaban J connectivity index is 1.52. The molecule has 0 aliphatic carbocycles. The maximum atomic E-state index is 12.4. The second-order valence-corrected chi connectivity index (χ2v) is 7.51. The Hall–Kier alpha value is -3.26. The molecule has 8 heteroatoms. The Labute approximate surface area is 182 Å². The number of amides is 1. The number of ether oxygens (including phenoxy) is 2. The SMILES string of the molecule is COc1cccc(NC(=O)C[C@H](CN2CCN(c3cccc(OC)c3)CC2)C(=O)O)c1. The molecule has 1 amide bonds. The molecule has 166 valence electrons. The Morgan fingerprint density at radius 1 is 1.00 bits per heavy atom. The summed E-state index contributed by atoms with van der Waals surface area (Å²) in [4.78, 5) is 28.5. The Kier molecular flexibility index (Phi) is 7.72. The number of hydrogen-bond donors (Lipinski definition) is 2. The van der Waals surface area contributed by atoms with E-state index in [1.165, 1.54) is 0 Å². The highest BCUT2D eigenvalue weighted by atomic mass is 16.5. The number of carboxylic acid groups (broad SMARTS) is 1. The Bertz CT molecular complexity index is 896. The molecule has 31 heavy (non-hydrogen) atoms. The van der Waals surface area contributed by atoms with Crippen LogP contribution in [0.4, 0.5) is 11.4 Å². The third-order valence-corrected chi connectivity index (χ3v) is 5.40. The number of hydrogen-bond acceptors (Lipinski definition) is 6. The number of aliphatic carboxylic acids is 1. The summed E-state index contributed by atoms with van der Waals surface area (Å²) in [6, 6.07) is 14.9. The van der Waals surface area contributed by atoms with Crippen LogP contribution >= 0.6 is 0 Å². The number of rotatable bonds is 9. The molecule has 0 bridgehead atoms. The normalized spacial score (nSPS) is 15.2. The predicted octanol–water partition coefficient (Wildman–Crippen LogP) is 2.56. The molecule has 0 aromatic heterocycles. The zero-order valence-electron chi connectivity index (χ0n) is 17.9. The minimum Gasteiger partial charge on any atom is -0.497 e. The number of anilines is 2. The van der Waals surface area contributed by atoms with Gasteiger partial charge in [-0.15, -0.1) is 0 Å². The van der Waals surface area contributed by atoms with Crippen molar-refractivity contribution in [1.82, 2.24) is 4.90 Å². The summed E-state index contributed by atoms with van der Waals surface area (Å²) < 4.78 is 10.4. The molecule has 2 aromatic carbocycles. The molecule has 8 nitrogen and oxygen atoms in total. The van der Waals surface area contributed by atoms with Crippen LogP contribution in [0.3, 0.4) is 0 Å². The van der Waals surface area contributed by atoms with Crippen LogP contribution in [0.25, 0.3) is 0 Å². The van der Waals surface area contributed by atoms with Crippen LogP contribution in [0, 0.1) is 5.92 Å². The van der Waals surface area contributed by atoms with Gasteiger partial charge in [-0.25, -0.2) is 0 Å². The molecule has 2 N–H and O–H groups in total. The molecule has 1 heterocycles. The Morgan fingerprint density at radius 2 is 1.65 bits per heavy atom. The first-order valence-corrected chi connectivity index (χ1v) is 10.3. The van der Waals surface area contributed by atoms with E-state index in [2.05, 4.69) is 15.1 Å². The van der Waals surface area contributed by atoms with Gasteiger partial charge in [0.2, 0.25) is 5.91 Å². The molecule has 2 aromatic rings. The van der Waals surface area contributed by atoms with E-state index in [1.54, 1.807) is 38.5 Å². The third kappa shape index (κ3) is 6.36. The van der Waals surface area contributed by atoms with E-state index in [1.807, 2.05) is 24.3 Å². The highest BCUT2D eigenvalue weighted by Gasteiger charge is 2.26. The average Bonchev–Trinajstić information content (AvgIpc) is 2.79. The van der Waals surface area contributed by atoms with Crippen molar-refractivity contribution in [1.29, 1.82) is 0 Å². The smallest absolute Gasteiger partial charge is 0.308 e. The highest BCUT2D eigenvalue weighted by Crippen LogP contribution is 2.23. The first kappa shape index (κ1) is 22.4. The van der Waals surface area contributed by atoms with Crippen LogP contribution < -0.4 is 19.7 Å². The maximum absolute atomic E-state index is 12.4. The van der Waals surface area contributed by atoms with Crippen LogP contribution in [-0.4, -0.2) is 68.8 Å². The van der Waals surface area contributed by atoms with E-state index < -0.39 is 11.9 Å². The van der Waals surface area contributed by atoms with E-state index in [9.17, 15) is 14.7 Å². The fourth-order valence-electron chi connectivity index (χ4n) is 3.67. The molecule has 0 saturated carbocycles. The standard InChI is InChI=1S/C23H29N3O5/c1-30-20-7-3-5-18(14-20)24-22(27)13-17(23(28)29)16-25-9-11-26(12-10-25)19-6-4-8-21(15-19)31-2/h3-8,14-15,17H,9-13,16H2,1-2H3,(H,24,27)(H,28,29)/t17-/m1/s1. The molecule has 0 radical (unpaired) electrons. The monoisotopic (exact) mass is 427 g/mol. The summed E-state index contributed by atoms with van der Waals surface area (Å²) in [5, 5.41) is 12.4. The van der Waals surface area contributed by atoms with Crippen LogP contribution in [0.15, 0.2) is 48.5 Å². The largest absolute Gasteiger partial charge is 0.497 e. The summed E-state index contributed by atoms with van der Waals surface area (Å²) in [6.45, 7) is 3.38. The molecule has 0 spiro atoms. The molecule has 3 rings (SSSR count). The van der Waals surface area contributed by atoms with E-state index in [-0.39, 0.29) is 12.3 Å². The first-order valence-electron chi connectivity index (χ1n) is 10.3. The lowest BCUT2D eigenvalue weighted by Crippen LogP contribution is -2.48. The van der Waals surface area contributed by atoms with Crippen molar-refractivity contribution >= 4 is 23.3 Å². The van der Waals surface area contributed by atoms with Gasteiger partial charge in [0.25, 0.3) is 0 Å². The molecule has 1 saturated heterocycles. The zero-order chi connectivity index (χ0) is 22.2. The van der Waals surface area contributed by atoms with Gasteiger partial charge >= 0.3 is 5.97 Å². The lowest BCUT2D eigenvalue weighted by molar-refractivity contribution is -0.144. The fraction of sp³-hybridized carbons (Fsp3) is 0.391. The summed E-state index contributed by atoms with van der Waals surface area (Å²) in [5.41, 5.74) is 1.67. The number of carbonyl (C=O) groups excluding carboxylic acids is 1. The maximum Gasteiger partial charge on any atom is 0.308 e. The van der Waals surface area contributed by atoms with Crippen LogP contribution in [-0.2, 0) is 9.59 Å². The van der Waals surface area contributed by atoms with Crippen molar-refractivity contribution in [3.8, 4) is 11.5 Å². The molecule has 0 unspecified atom stereocenters. The third-order valence-electron chi connectivity index (χ3n) is 5.40. The number of benzene rings is 2. The number of methoxy groups -OCH3 is 2. The van der Waals surface area contributed by atoms with Crippen LogP contribution in [0.1, 0.15) is 6.42 Å². The Morgan fingerprint density at radius 3 is 2.29 bits per heavy atom. The van der Waals surface area contributed by atoms with Gasteiger partial charge in [0, 0.05) is 62.7 Å². The fourth-order valence-corrected chi connectivity index (χ4v) is 3.67. The minimum atomic E-state index is -0.962. The summed E-state index contributed by atoms with van der Waals surface area (Å²) >= 11 is 0. The zero-order valence-corrected chi connectivity index (χ0v) is 17.9. The molecular formula is C23H29N3O5. The van der Waals surface area contributed by atoms with Crippen LogP contribution in [0.2, 0.25) is 0 Å². The van der Waals surface area contributed by atoms with Crippen molar-refractivity contribution in [3.63, 3.8) is 0 Å².